The van der Waals surface area contributed by atoms with Crippen LogP contribution in [-0.4, -0.2) is 29.7 Å². The van der Waals surface area contributed by atoms with Crippen molar-refractivity contribution in [1.29, 1.82) is 0 Å². The number of rotatable bonds is 4. The third-order valence-electron chi connectivity index (χ3n) is 3.22. The molecule has 1 heterocycles. The maximum atomic E-state index is 11.5. The Kier molecular flexibility index (Phi) is 3.05. The van der Waals surface area contributed by atoms with Crippen molar-refractivity contribution in [3.63, 3.8) is 0 Å². The highest BCUT2D eigenvalue weighted by molar-refractivity contribution is 7.90. The molecular weight excluding hydrogens is 240 g/mol. The Bertz CT molecular complexity index is 494. The normalized spacial score (nSPS) is 18.5. The van der Waals surface area contributed by atoms with Crippen LogP contribution in [0.5, 0.6) is 0 Å². The van der Waals surface area contributed by atoms with Gasteiger partial charge in [0.05, 0.1) is 0 Å². The van der Waals surface area contributed by atoms with Gasteiger partial charge in [-0.2, -0.15) is 0 Å². The molecule has 0 atom stereocenters. The molecule has 0 aliphatic heterocycles. The van der Waals surface area contributed by atoms with E-state index in [-0.39, 0.29) is 6.54 Å². The van der Waals surface area contributed by atoms with E-state index in [1.807, 2.05) is 6.92 Å². The molecule has 0 spiro atoms. The van der Waals surface area contributed by atoms with Crippen molar-refractivity contribution in [3.05, 3.63) is 18.0 Å². The van der Waals surface area contributed by atoms with Crippen LogP contribution in [0.3, 0.4) is 0 Å². The zero-order valence-electron chi connectivity index (χ0n) is 9.68. The first-order valence-corrected chi connectivity index (χ1v) is 7.02. The molecule has 94 valence electrons. The predicted molar refractivity (Wildman–Crippen MR) is 64.9 cm³/mol. The second-order valence-corrected chi connectivity index (χ2v) is 6.48. The fraction of sp³-hybridized carbons (Fsp3) is 0.600. The summed E-state index contributed by atoms with van der Waals surface area (Å²) in [6.45, 7) is 2.16. The number of aromatic nitrogens is 2. The van der Waals surface area contributed by atoms with Crippen LogP contribution in [0.4, 0.5) is 5.95 Å². The summed E-state index contributed by atoms with van der Waals surface area (Å²) in [4.78, 5) is 8.13. The minimum atomic E-state index is -3.52. The number of hydrogen-bond donors (Lipinski definition) is 2. The molecule has 1 aliphatic rings. The smallest absolute Gasteiger partial charge is 0.222 e. The molecule has 0 unspecified atom stereocenters. The molecule has 1 fully saturated rings. The van der Waals surface area contributed by atoms with Crippen LogP contribution in [0.25, 0.3) is 0 Å². The Balaban J connectivity index is 2.04. The summed E-state index contributed by atoms with van der Waals surface area (Å²) in [5, 5.41) is 8.20. The van der Waals surface area contributed by atoms with Gasteiger partial charge in [-0.15, -0.1) is 0 Å². The minimum absolute atomic E-state index is 0.273. The van der Waals surface area contributed by atoms with Gasteiger partial charge in [-0.25, -0.2) is 23.5 Å². The molecule has 17 heavy (non-hydrogen) atoms. The number of hydrogen-bond acceptors (Lipinski definition) is 5. The van der Waals surface area contributed by atoms with Gasteiger partial charge in [0.2, 0.25) is 16.0 Å². The summed E-state index contributed by atoms with van der Waals surface area (Å²) < 4.78 is 22.2. The molecule has 1 aromatic heterocycles. The number of nitrogens with two attached hydrogens (primary N) is 1. The molecule has 7 heteroatoms. The summed E-state index contributed by atoms with van der Waals surface area (Å²) in [5.74, 6) is 0.436. The lowest BCUT2D eigenvalue weighted by Gasteiger charge is -2.39. The van der Waals surface area contributed by atoms with Crippen molar-refractivity contribution in [1.82, 2.24) is 9.97 Å². The lowest BCUT2D eigenvalue weighted by atomic mass is 9.84. The van der Waals surface area contributed by atoms with Crippen LogP contribution >= 0.6 is 0 Å². The van der Waals surface area contributed by atoms with Gasteiger partial charge < -0.3 is 5.32 Å². The average molecular weight is 256 g/mol. The van der Waals surface area contributed by atoms with E-state index in [2.05, 4.69) is 15.3 Å². The third-order valence-corrected chi connectivity index (χ3v) is 4.98. The van der Waals surface area contributed by atoms with Gasteiger partial charge in [0, 0.05) is 18.9 Å². The summed E-state index contributed by atoms with van der Waals surface area (Å²) in [5.41, 5.74) is 0.959. The highest BCUT2D eigenvalue weighted by atomic mass is 32.2. The summed E-state index contributed by atoms with van der Waals surface area (Å²) >= 11 is 0. The van der Waals surface area contributed by atoms with Gasteiger partial charge in [-0.1, -0.05) is 6.42 Å². The van der Waals surface area contributed by atoms with Gasteiger partial charge in [0.1, 0.15) is 4.75 Å². The molecule has 0 aromatic carbocycles. The maximum Gasteiger partial charge on any atom is 0.222 e. The van der Waals surface area contributed by atoms with Crippen LogP contribution < -0.4 is 10.5 Å². The van der Waals surface area contributed by atoms with Gasteiger partial charge in [0.15, 0.2) is 0 Å². The topological polar surface area (TPSA) is 98.0 Å². The Hall–Kier alpha value is -1.21. The molecule has 0 bridgehead atoms. The molecule has 1 aromatic rings. The molecule has 2 rings (SSSR count). The Morgan fingerprint density at radius 1 is 1.41 bits per heavy atom. The van der Waals surface area contributed by atoms with Crippen LogP contribution in [0.2, 0.25) is 0 Å². The van der Waals surface area contributed by atoms with E-state index in [0.717, 1.165) is 12.0 Å². The van der Waals surface area contributed by atoms with E-state index in [4.69, 9.17) is 5.14 Å². The highest BCUT2D eigenvalue weighted by Gasteiger charge is 2.47. The Labute approximate surface area is 101 Å². The lowest BCUT2D eigenvalue weighted by Crippen LogP contribution is -2.53. The quantitative estimate of drug-likeness (QED) is 0.813. The molecule has 1 saturated carbocycles. The van der Waals surface area contributed by atoms with Gasteiger partial charge in [-0.05, 0) is 25.3 Å². The zero-order valence-corrected chi connectivity index (χ0v) is 10.5. The number of nitrogens with one attached hydrogen (secondary N) is 1. The van der Waals surface area contributed by atoms with E-state index in [9.17, 15) is 8.42 Å². The first-order valence-electron chi connectivity index (χ1n) is 5.48. The van der Waals surface area contributed by atoms with E-state index in [1.54, 1.807) is 12.4 Å². The van der Waals surface area contributed by atoms with E-state index in [1.165, 1.54) is 0 Å². The first kappa shape index (κ1) is 12.3. The molecule has 0 amide bonds. The average Bonchev–Trinajstić information content (AvgIpc) is 2.17. The molecule has 0 saturated heterocycles. The molecule has 0 radical (unpaired) electrons. The van der Waals surface area contributed by atoms with E-state index >= 15 is 0 Å². The Morgan fingerprint density at radius 2 is 2.00 bits per heavy atom. The van der Waals surface area contributed by atoms with Crippen molar-refractivity contribution in [3.8, 4) is 0 Å². The van der Waals surface area contributed by atoms with Crippen molar-refractivity contribution < 1.29 is 8.42 Å². The number of sulfonamides is 1. The highest BCUT2D eigenvalue weighted by Crippen LogP contribution is 2.37. The fourth-order valence-corrected chi connectivity index (χ4v) is 2.99. The summed E-state index contributed by atoms with van der Waals surface area (Å²) in [6, 6.07) is 0. The Morgan fingerprint density at radius 3 is 2.41 bits per heavy atom. The second kappa shape index (κ2) is 4.23. The molecule has 6 nitrogen and oxygen atoms in total. The standard InChI is InChI=1S/C10H16N4O2S/c1-8-5-12-9(13-6-8)14-7-10(3-2-4-10)17(11,15)16/h5-6H,2-4,7H2,1H3,(H2,11,15,16)(H,12,13,14). The largest absolute Gasteiger partial charge is 0.353 e. The SMILES string of the molecule is Cc1cnc(NCC2(S(N)(=O)=O)CCC2)nc1. The monoisotopic (exact) mass is 256 g/mol. The minimum Gasteiger partial charge on any atom is -0.353 e. The zero-order chi connectivity index (χ0) is 12.5. The van der Waals surface area contributed by atoms with Crippen LogP contribution in [0.1, 0.15) is 24.8 Å². The summed E-state index contributed by atoms with van der Waals surface area (Å²) in [7, 11) is -3.52. The van der Waals surface area contributed by atoms with Crippen LogP contribution in [-0.2, 0) is 10.0 Å². The fourth-order valence-electron chi connectivity index (χ4n) is 1.86. The van der Waals surface area contributed by atoms with Crippen molar-refractivity contribution in [2.75, 3.05) is 11.9 Å². The summed E-state index contributed by atoms with van der Waals surface area (Å²) in [6.07, 6.45) is 5.46. The van der Waals surface area contributed by atoms with Crippen LogP contribution in [0, 0.1) is 6.92 Å². The molecule has 1 aliphatic carbocycles. The van der Waals surface area contributed by atoms with Gasteiger partial charge in [-0.3, -0.25) is 0 Å². The van der Waals surface area contributed by atoms with E-state index in [0.29, 0.717) is 18.8 Å². The second-order valence-electron chi connectivity index (χ2n) is 4.52. The van der Waals surface area contributed by atoms with Gasteiger partial charge in [0.25, 0.3) is 0 Å². The number of anilines is 1. The van der Waals surface area contributed by atoms with Crippen molar-refractivity contribution >= 4 is 16.0 Å². The molecule has 3 N–H and O–H groups in total. The first-order chi connectivity index (χ1) is 7.93. The third kappa shape index (κ3) is 2.39. The number of nitrogens with zero attached hydrogens (tertiary/aromatic N) is 2. The van der Waals surface area contributed by atoms with E-state index < -0.39 is 14.8 Å². The lowest BCUT2D eigenvalue weighted by molar-refractivity contribution is 0.351. The van der Waals surface area contributed by atoms with Crippen LogP contribution in [0.15, 0.2) is 12.4 Å². The molecular formula is C10H16N4O2S. The predicted octanol–water partition coefficient (Wildman–Crippen LogP) is 0.408. The van der Waals surface area contributed by atoms with Crippen molar-refractivity contribution in [2.24, 2.45) is 5.14 Å². The number of aryl methyl sites for hydroxylation is 1. The van der Waals surface area contributed by atoms with Crippen molar-refractivity contribution in [2.45, 2.75) is 30.9 Å². The van der Waals surface area contributed by atoms with Gasteiger partial charge >= 0.3 is 0 Å². The number of primary sulfonamides is 1. The maximum absolute atomic E-state index is 11.5.